The Balaban J connectivity index is 1.36. The molecule has 51 heavy (non-hydrogen) atoms. The van der Waals surface area contributed by atoms with Crippen LogP contribution in [0.5, 0.6) is 17.4 Å². The van der Waals surface area contributed by atoms with E-state index in [0.29, 0.717) is 36.6 Å². The average molecular weight is 717 g/mol. The minimum Gasteiger partial charge on any atom is -0.490 e. The van der Waals surface area contributed by atoms with Crippen molar-refractivity contribution in [3.63, 3.8) is 0 Å². The van der Waals surface area contributed by atoms with Crippen LogP contribution in [0, 0.1) is 26.6 Å². The lowest BCUT2D eigenvalue weighted by Crippen LogP contribution is -2.31. The molecule has 10 nitrogen and oxygen atoms in total. The van der Waals surface area contributed by atoms with Gasteiger partial charge in [-0.05, 0) is 108 Å². The fraction of sp³-hybridized carbons (Fsp3) is 0.385. The molecular formula is C39H46ClFN6O4. The van der Waals surface area contributed by atoms with Crippen molar-refractivity contribution in [2.45, 2.75) is 60.3 Å². The molecule has 4 aromatic rings. The Labute approximate surface area is 304 Å². The highest BCUT2D eigenvalue weighted by molar-refractivity contribution is 6.32. The van der Waals surface area contributed by atoms with Crippen molar-refractivity contribution < 1.29 is 23.5 Å². The molecular weight excluding hydrogens is 671 g/mol. The third kappa shape index (κ3) is 9.74. The number of piperidine rings is 1. The molecule has 0 bridgehead atoms. The summed E-state index contributed by atoms with van der Waals surface area (Å²) in [5.41, 5.74) is 4.36. The highest BCUT2D eigenvalue weighted by atomic mass is 35.5. The number of nitrogens with one attached hydrogen (secondary N) is 2. The predicted octanol–water partition coefficient (Wildman–Crippen LogP) is 8.72. The number of carbonyl (C=O) groups is 2. The quantitative estimate of drug-likeness (QED) is 0.125. The van der Waals surface area contributed by atoms with Crippen LogP contribution >= 0.6 is 11.6 Å². The van der Waals surface area contributed by atoms with E-state index in [1.807, 2.05) is 46.8 Å². The molecule has 0 radical (unpaired) electrons. The number of anilines is 3. The number of aromatic nitrogens is 2. The second kappa shape index (κ2) is 17.5. The molecule has 3 aromatic carbocycles. The average Bonchev–Trinajstić information content (AvgIpc) is 3.11. The van der Waals surface area contributed by atoms with E-state index in [2.05, 4.69) is 25.5 Å². The number of hydrogen-bond donors (Lipinski definition) is 2. The van der Waals surface area contributed by atoms with Crippen molar-refractivity contribution in [2.75, 3.05) is 50.0 Å². The molecule has 0 saturated carbocycles. The Morgan fingerprint density at radius 3 is 2.33 bits per heavy atom. The first-order valence-corrected chi connectivity index (χ1v) is 17.9. The van der Waals surface area contributed by atoms with Gasteiger partial charge in [0.05, 0.1) is 11.6 Å². The van der Waals surface area contributed by atoms with Gasteiger partial charge in [0.15, 0.2) is 11.6 Å². The zero-order valence-corrected chi connectivity index (χ0v) is 30.7. The smallest absolute Gasteiger partial charge is 0.262 e. The van der Waals surface area contributed by atoms with E-state index in [9.17, 15) is 9.59 Å². The standard InChI is InChI=1S/C39H46ClFN6O4/c1-6-47(7-2)38(49)28-12-14-33(31(40)22-28)51-37-30(36(48)44-35-26(4)20-25(3)21-27(35)5)24-42-39(45-37)43-29-13-15-34(32(41)23-29)50-19-11-18-46-16-9-8-10-17-46/h12-15,20-24H,6-11,16-19H2,1-5H3,(H,44,48)(H,42,43,45). The van der Waals surface area contributed by atoms with Crippen LogP contribution in [0.3, 0.4) is 0 Å². The van der Waals surface area contributed by atoms with Crippen molar-refractivity contribution in [2.24, 2.45) is 0 Å². The third-order valence-corrected chi connectivity index (χ3v) is 9.16. The topological polar surface area (TPSA) is 109 Å². The zero-order chi connectivity index (χ0) is 36.5. The van der Waals surface area contributed by atoms with Gasteiger partial charge < -0.3 is 29.9 Å². The van der Waals surface area contributed by atoms with Gasteiger partial charge in [-0.1, -0.05) is 35.7 Å². The molecule has 1 aromatic heterocycles. The number of ether oxygens (including phenoxy) is 2. The van der Waals surface area contributed by atoms with Gasteiger partial charge in [0, 0.05) is 48.8 Å². The van der Waals surface area contributed by atoms with Gasteiger partial charge in [-0.25, -0.2) is 9.37 Å². The van der Waals surface area contributed by atoms with Crippen LogP contribution in [-0.2, 0) is 0 Å². The SMILES string of the molecule is CCN(CC)C(=O)c1ccc(Oc2nc(Nc3ccc(OCCCN4CCCCC4)c(F)c3)ncc2C(=O)Nc2c(C)cc(C)cc2C)c(Cl)c1. The van der Waals surface area contributed by atoms with Crippen LogP contribution in [0.1, 0.15) is 76.9 Å². The molecule has 1 saturated heterocycles. The number of hydrogen-bond acceptors (Lipinski definition) is 8. The fourth-order valence-electron chi connectivity index (χ4n) is 6.21. The van der Waals surface area contributed by atoms with E-state index in [-0.39, 0.29) is 39.8 Å². The summed E-state index contributed by atoms with van der Waals surface area (Å²) < 4.78 is 26.9. The highest BCUT2D eigenvalue weighted by Gasteiger charge is 2.22. The Kier molecular flexibility index (Phi) is 12.8. The molecule has 2 N–H and O–H groups in total. The van der Waals surface area contributed by atoms with Gasteiger partial charge in [0.1, 0.15) is 11.3 Å². The monoisotopic (exact) mass is 716 g/mol. The van der Waals surface area contributed by atoms with Gasteiger partial charge >= 0.3 is 0 Å². The molecule has 0 unspecified atom stereocenters. The number of rotatable bonds is 14. The van der Waals surface area contributed by atoms with Crippen molar-refractivity contribution in [3.8, 4) is 17.4 Å². The number of carbonyl (C=O) groups excluding carboxylic acids is 2. The number of benzene rings is 3. The summed E-state index contributed by atoms with van der Waals surface area (Å²) in [6.45, 7) is 14.3. The third-order valence-electron chi connectivity index (χ3n) is 8.86. The summed E-state index contributed by atoms with van der Waals surface area (Å²) in [6, 6.07) is 13.2. The number of aryl methyl sites for hydroxylation is 3. The van der Waals surface area contributed by atoms with Crippen molar-refractivity contribution in [3.05, 3.63) is 93.4 Å². The lowest BCUT2D eigenvalue weighted by molar-refractivity contribution is 0.0772. The van der Waals surface area contributed by atoms with E-state index >= 15 is 4.39 Å². The van der Waals surface area contributed by atoms with E-state index in [4.69, 9.17) is 21.1 Å². The molecule has 2 heterocycles. The van der Waals surface area contributed by atoms with Gasteiger partial charge in [0.2, 0.25) is 11.8 Å². The lowest BCUT2D eigenvalue weighted by atomic mass is 10.0. The zero-order valence-electron chi connectivity index (χ0n) is 29.9. The molecule has 2 amide bonds. The lowest BCUT2D eigenvalue weighted by Gasteiger charge is -2.26. The maximum atomic E-state index is 15.1. The van der Waals surface area contributed by atoms with Crippen molar-refractivity contribution in [1.82, 2.24) is 19.8 Å². The fourth-order valence-corrected chi connectivity index (χ4v) is 6.43. The molecule has 1 aliphatic heterocycles. The van der Waals surface area contributed by atoms with Gasteiger partial charge in [-0.2, -0.15) is 4.98 Å². The summed E-state index contributed by atoms with van der Waals surface area (Å²) in [5, 5.41) is 6.12. The molecule has 12 heteroatoms. The summed E-state index contributed by atoms with van der Waals surface area (Å²) in [6.07, 6.45) is 5.89. The molecule has 0 aliphatic carbocycles. The van der Waals surface area contributed by atoms with Crippen LogP contribution in [0.4, 0.5) is 21.7 Å². The number of halogens is 2. The molecule has 5 rings (SSSR count). The van der Waals surface area contributed by atoms with E-state index in [1.165, 1.54) is 37.6 Å². The highest BCUT2D eigenvalue weighted by Crippen LogP contribution is 2.33. The van der Waals surface area contributed by atoms with Gasteiger partial charge in [-0.3, -0.25) is 9.59 Å². The number of likely N-dealkylation sites (tertiary alicyclic amines) is 1. The Bertz CT molecular complexity index is 1840. The Hall–Kier alpha value is -4.74. The van der Waals surface area contributed by atoms with Crippen molar-refractivity contribution in [1.29, 1.82) is 0 Å². The largest absolute Gasteiger partial charge is 0.490 e. The van der Waals surface area contributed by atoms with Crippen LogP contribution in [0.2, 0.25) is 5.02 Å². The summed E-state index contributed by atoms with van der Waals surface area (Å²) in [7, 11) is 0. The van der Waals surface area contributed by atoms with E-state index < -0.39 is 11.7 Å². The second-order valence-electron chi connectivity index (χ2n) is 12.7. The molecule has 1 fully saturated rings. The van der Waals surface area contributed by atoms with Gasteiger partial charge in [-0.15, -0.1) is 0 Å². The predicted molar refractivity (Wildman–Crippen MR) is 200 cm³/mol. The maximum absolute atomic E-state index is 15.1. The number of amides is 2. The maximum Gasteiger partial charge on any atom is 0.262 e. The van der Waals surface area contributed by atoms with Crippen LogP contribution in [0.25, 0.3) is 0 Å². The summed E-state index contributed by atoms with van der Waals surface area (Å²) in [4.78, 5) is 39.6. The minimum atomic E-state index is -0.527. The Morgan fingerprint density at radius 2 is 1.67 bits per heavy atom. The van der Waals surface area contributed by atoms with Crippen LogP contribution in [-0.4, -0.2) is 70.9 Å². The Morgan fingerprint density at radius 1 is 0.961 bits per heavy atom. The molecule has 0 spiro atoms. The minimum absolute atomic E-state index is 0.0405. The summed E-state index contributed by atoms with van der Waals surface area (Å²) in [5.74, 6) is -0.872. The van der Waals surface area contributed by atoms with Gasteiger partial charge in [0.25, 0.3) is 11.8 Å². The first-order chi connectivity index (χ1) is 24.6. The van der Waals surface area contributed by atoms with Crippen LogP contribution < -0.4 is 20.1 Å². The van der Waals surface area contributed by atoms with E-state index in [0.717, 1.165) is 42.7 Å². The first-order valence-electron chi connectivity index (χ1n) is 17.5. The van der Waals surface area contributed by atoms with Crippen LogP contribution in [0.15, 0.2) is 54.7 Å². The van der Waals surface area contributed by atoms with Crippen molar-refractivity contribution >= 4 is 40.7 Å². The normalized spacial score (nSPS) is 13.1. The second-order valence-corrected chi connectivity index (χ2v) is 13.1. The molecule has 270 valence electrons. The summed E-state index contributed by atoms with van der Waals surface area (Å²) >= 11 is 6.61. The van der Waals surface area contributed by atoms with E-state index in [1.54, 1.807) is 29.2 Å². The first kappa shape index (κ1) is 37.5. The number of nitrogens with zero attached hydrogens (tertiary/aromatic N) is 4. The molecule has 0 atom stereocenters. The molecule has 1 aliphatic rings.